The number of aliphatic hydroxyl groups excluding tert-OH is 1. The van der Waals surface area contributed by atoms with Gasteiger partial charge in [-0.3, -0.25) is 4.79 Å². The second-order valence-corrected chi connectivity index (χ2v) is 7.15. The summed E-state index contributed by atoms with van der Waals surface area (Å²) in [5.74, 6) is 1.42. The third-order valence-electron chi connectivity index (χ3n) is 4.22. The molecule has 0 spiro atoms. The van der Waals surface area contributed by atoms with Crippen molar-refractivity contribution in [3.05, 3.63) is 88.3 Å². The fourth-order valence-electron chi connectivity index (χ4n) is 2.84. The number of rotatable bonds is 5. The van der Waals surface area contributed by atoms with Gasteiger partial charge in [0.2, 0.25) is 0 Å². The standard InChI is InChI=1S/C22H15Cl2NO4/c23-15-9-14(10-16(24)11-15)20-7-8-21(29-20)22(27)25-17-3-1-13(2-4-17)19-6-5-18(12-26)28-19/h1-11,26H,12H2,(H,25,27). The molecule has 29 heavy (non-hydrogen) atoms. The number of amides is 1. The Morgan fingerprint density at radius 3 is 2.14 bits per heavy atom. The lowest BCUT2D eigenvalue weighted by Crippen LogP contribution is -2.10. The van der Waals surface area contributed by atoms with Crippen molar-refractivity contribution in [1.29, 1.82) is 0 Å². The Kier molecular flexibility index (Phi) is 5.45. The van der Waals surface area contributed by atoms with Crippen LogP contribution < -0.4 is 5.32 Å². The van der Waals surface area contributed by atoms with Gasteiger partial charge in [0.1, 0.15) is 23.9 Å². The molecule has 0 unspecified atom stereocenters. The van der Waals surface area contributed by atoms with Crippen molar-refractivity contribution in [2.75, 3.05) is 5.32 Å². The second kappa shape index (κ2) is 8.17. The normalized spacial score (nSPS) is 10.9. The van der Waals surface area contributed by atoms with E-state index in [0.717, 1.165) is 5.56 Å². The topological polar surface area (TPSA) is 75.6 Å². The number of halogens is 2. The molecule has 0 radical (unpaired) electrons. The third kappa shape index (κ3) is 4.38. The van der Waals surface area contributed by atoms with Gasteiger partial charge in [0, 0.05) is 26.9 Å². The Morgan fingerprint density at radius 2 is 1.48 bits per heavy atom. The maximum absolute atomic E-state index is 12.5. The van der Waals surface area contributed by atoms with Crippen molar-refractivity contribution in [2.24, 2.45) is 0 Å². The largest absolute Gasteiger partial charge is 0.459 e. The first-order chi connectivity index (χ1) is 14.0. The highest BCUT2D eigenvalue weighted by Crippen LogP contribution is 2.29. The first kappa shape index (κ1) is 19.3. The zero-order chi connectivity index (χ0) is 20.4. The van der Waals surface area contributed by atoms with Gasteiger partial charge in [-0.2, -0.15) is 0 Å². The average Bonchev–Trinajstić information content (AvgIpc) is 3.38. The fraction of sp³-hybridized carbons (Fsp3) is 0.0455. The lowest BCUT2D eigenvalue weighted by atomic mass is 10.1. The predicted octanol–water partition coefficient (Wildman–Crippen LogP) is 6.26. The molecule has 0 saturated heterocycles. The van der Waals surface area contributed by atoms with Crippen molar-refractivity contribution < 1.29 is 18.7 Å². The minimum Gasteiger partial charge on any atom is -0.459 e. The summed E-state index contributed by atoms with van der Waals surface area (Å²) in [5, 5.41) is 12.8. The van der Waals surface area contributed by atoms with Gasteiger partial charge >= 0.3 is 0 Å². The number of furan rings is 2. The summed E-state index contributed by atoms with van der Waals surface area (Å²) in [6.07, 6.45) is 0. The minimum absolute atomic E-state index is 0.152. The van der Waals surface area contributed by atoms with Crippen LogP contribution >= 0.6 is 23.2 Å². The van der Waals surface area contributed by atoms with E-state index < -0.39 is 0 Å². The van der Waals surface area contributed by atoms with Gasteiger partial charge in [-0.05, 0) is 66.7 Å². The number of carbonyl (C=O) groups is 1. The van der Waals surface area contributed by atoms with Crippen molar-refractivity contribution in [2.45, 2.75) is 6.61 Å². The number of nitrogens with one attached hydrogen (secondary N) is 1. The number of benzene rings is 2. The smallest absolute Gasteiger partial charge is 0.291 e. The molecule has 0 bridgehead atoms. The number of hydrogen-bond acceptors (Lipinski definition) is 4. The molecule has 2 heterocycles. The van der Waals surface area contributed by atoms with Gasteiger partial charge in [0.25, 0.3) is 5.91 Å². The van der Waals surface area contributed by atoms with Gasteiger partial charge in [0.05, 0.1) is 0 Å². The van der Waals surface area contributed by atoms with E-state index in [1.165, 1.54) is 0 Å². The summed E-state index contributed by atoms with van der Waals surface area (Å²) in [5.41, 5.74) is 2.13. The van der Waals surface area contributed by atoms with E-state index in [0.29, 0.717) is 38.6 Å². The average molecular weight is 428 g/mol. The molecule has 1 amide bonds. The molecule has 2 aromatic carbocycles. The first-order valence-electron chi connectivity index (χ1n) is 8.69. The van der Waals surface area contributed by atoms with Crippen LogP contribution in [0, 0.1) is 0 Å². The monoisotopic (exact) mass is 427 g/mol. The molecule has 0 aliphatic carbocycles. The van der Waals surface area contributed by atoms with Gasteiger partial charge in [-0.15, -0.1) is 0 Å². The van der Waals surface area contributed by atoms with Gasteiger partial charge in [-0.25, -0.2) is 0 Å². The molecule has 7 heteroatoms. The highest BCUT2D eigenvalue weighted by Gasteiger charge is 2.14. The summed E-state index contributed by atoms with van der Waals surface area (Å²) < 4.78 is 11.2. The third-order valence-corrected chi connectivity index (χ3v) is 4.66. The van der Waals surface area contributed by atoms with Crippen LogP contribution in [0.1, 0.15) is 16.3 Å². The van der Waals surface area contributed by atoms with E-state index in [-0.39, 0.29) is 18.3 Å². The molecule has 0 fully saturated rings. The van der Waals surface area contributed by atoms with Crippen molar-refractivity contribution >= 4 is 34.8 Å². The van der Waals surface area contributed by atoms with Gasteiger partial charge in [-0.1, -0.05) is 23.2 Å². The van der Waals surface area contributed by atoms with Crippen LogP contribution in [-0.2, 0) is 6.61 Å². The zero-order valence-electron chi connectivity index (χ0n) is 15.0. The Bertz CT molecular complexity index is 1140. The van der Waals surface area contributed by atoms with Gasteiger partial charge in [0.15, 0.2) is 5.76 Å². The molecular weight excluding hydrogens is 413 g/mol. The Morgan fingerprint density at radius 1 is 0.828 bits per heavy atom. The van der Waals surface area contributed by atoms with E-state index in [9.17, 15) is 4.79 Å². The predicted molar refractivity (Wildman–Crippen MR) is 112 cm³/mol. The van der Waals surface area contributed by atoms with Gasteiger partial charge < -0.3 is 19.3 Å². The fourth-order valence-corrected chi connectivity index (χ4v) is 3.37. The minimum atomic E-state index is -0.377. The molecule has 146 valence electrons. The van der Waals surface area contributed by atoms with Crippen molar-refractivity contribution in [3.63, 3.8) is 0 Å². The lowest BCUT2D eigenvalue weighted by molar-refractivity contribution is 0.0997. The molecular formula is C22H15Cl2NO4. The molecule has 5 nitrogen and oxygen atoms in total. The number of anilines is 1. The summed E-state index contributed by atoms with van der Waals surface area (Å²) in [6.45, 7) is -0.152. The molecule has 0 aliphatic rings. The molecule has 0 aliphatic heterocycles. The zero-order valence-corrected chi connectivity index (χ0v) is 16.5. The van der Waals surface area contributed by atoms with Crippen molar-refractivity contribution in [3.8, 4) is 22.6 Å². The first-order valence-corrected chi connectivity index (χ1v) is 9.45. The van der Waals surface area contributed by atoms with E-state index in [1.54, 1.807) is 54.6 Å². The number of hydrogen-bond donors (Lipinski definition) is 2. The van der Waals surface area contributed by atoms with Crippen LogP contribution in [0.5, 0.6) is 0 Å². The lowest BCUT2D eigenvalue weighted by Gasteiger charge is -2.04. The summed E-state index contributed by atoms with van der Waals surface area (Å²) in [4.78, 5) is 12.5. The van der Waals surface area contributed by atoms with Crippen LogP contribution in [0.15, 0.2) is 75.6 Å². The quantitative estimate of drug-likeness (QED) is 0.394. The SMILES string of the molecule is O=C(Nc1ccc(-c2ccc(CO)o2)cc1)c1ccc(-c2cc(Cl)cc(Cl)c2)o1. The van der Waals surface area contributed by atoms with Crippen LogP contribution in [0.2, 0.25) is 10.0 Å². The van der Waals surface area contributed by atoms with Crippen molar-refractivity contribution in [1.82, 2.24) is 0 Å². The summed E-state index contributed by atoms with van der Waals surface area (Å²) in [7, 11) is 0. The van der Waals surface area contributed by atoms with Crippen LogP contribution in [0.4, 0.5) is 5.69 Å². The maximum Gasteiger partial charge on any atom is 0.291 e. The molecule has 4 aromatic rings. The molecule has 2 aromatic heterocycles. The van der Waals surface area contributed by atoms with E-state index in [4.69, 9.17) is 37.1 Å². The summed E-state index contributed by atoms with van der Waals surface area (Å²) >= 11 is 12.0. The number of carbonyl (C=O) groups excluding carboxylic acids is 1. The van der Waals surface area contributed by atoms with E-state index in [1.807, 2.05) is 12.1 Å². The highest BCUT2D eigenvalue weighted by molar-refractivity contribution is 6.35. The van der Waals surface area contributed by atoms with Crippen LogP contribution in [0.3, 0.4) is 0 Å². The molecule has 0 saturated carbocycles. The van der Waals surface area contributed by atoms with Crippen LogP contribution in [0.25, 0.3) is 22.6 Å². The Hall–Kier alpha value is -2.99. The maximum atomic E-state index is 12.5. The van der Waals surface area contributed by atoms with E-state index >= 15 is 0 Å². The molecule has 4 rings (SSSR count). The Labute approximate surface area is 176 Å². The molecule has 0 atom stereocenters. The Balaban J connectivity index is 1.47. The number of aliphatic hydroxyl groups is 1. The summed E-state index contributed by atoms with van der Waals surface area (Å²) in [6, 6.07) is 19.0. The van der Waals surface area contributed by atoms with E-state index in [2.05, 4.69) is 5.32 Å². The second-order valence-electron chi connectivity index (χ2n) is 6.28. The molecule has 2 N–H and O–H groups in total. The highest BCUT2D eigenvalue weighted by atomic mass is 35.5. The van der Waals surface area contributed by atoms with Crippen LogP contribution in [-0.4, -0.2) is 11.0 Å².